The van der Waals surface area contributed by atoms with E-state index in [-0.39, 0.29) is 6.61 Å². The topological polar surface area (TPSA) is 47.9 Å². The number of benzene rings is 1. The third-order valence-electron chi connectivity index (χ3n) is 2.36. The van der Waals surface area contributed by atoms with Gasteiger partial charge in [-0.3, -0.25) is 0 Å². The SMILES string of the molecule is CCOC(OC)(OC)c1ccc(CO)cc1. The normalized spacial score (nSPS) is 11.8. The molecule has 0 heterocycles. The number of methoxy groups -OCH3 is 2. The van der Waals surface area contributed by atoms with E-state index >= 15 is 0 Å². The van der Waals surface area contributed by atoms with Crippen LogP contribution in [0.15, 0.2) is 24.3 Å². The fourth-order valence-electron chi connectivity index (χ4n) is 1.52. The largest absolute Gasteiger partial charge is 0.392 e. The molecule has 0 saturated heterocycles. The Labute approximate surface area is 95.8 Å². The molecule has 0 bridgehead atoms. The summed E-state index contributed by atoms with van der Waals surface area (Å²) < 4.78 is 16.0. The highest BCUT2D eigenvalue weighted by atomic mass is 16.9. The number of hydrogen-bond donors (Lipinski definition) is 1. The van der Waals surface area contributed by atoms with Crippen LogP contribution in [0.4, 0.5) is 0 Å². The molecule has 0 aliphatic carbocycles. The summed E-state index contributed by atoms with van der Waals surface area (Å²) in [6.07, 6.45) is 0. The standard InChI is InChI=1S/C12H18O4/c1-4-16-12(14-2,15-3)11-7-5-10(9-13)6-8-11/h5-8,13H,4,9H2,1-3H3. The number of hydrogen-bond acceptors (Lipinski definition) is 4. The molecular weight excluding hydrogens is 208 g/mol. The molecule has 0 fully saturated rings. The molecule has 1 N–H and O–H groups in total. The van der Waals surface area contributed by atoms with Gasteiger partial charge in [0.1, 0.15) is 0 Å². The first kappa shape index (κ1) is 13.1. The average Bonchev–Trinajstić information content (AvgIpc) is 2.36. The summed E-state index contributed by atoms with van der Waals surface area (Å²) in [7, 11) is 3.05. The molecule has 0 aliphatic rings. The molecule has 0 radical (unpaired) electrons. The molecule has 0 aromatic heterocycles. The van der Waals surface area contributed by atoms with E-state index in [0.717, 1.165) is 11.1 Å². The summed E-state index contributed by atoms with van der Waals surface area (Å²) in [4.78, 5) is 0. The first-order chi connectivity index (χ1) is 7.72. The highest BCUT2D eigenvalue weighted by Crippen LogP contribution is 2.27. The monoisotopic (exact) mass is 226 g/mol. The van der Waals surface area contributed by atoms with Gasteiger partial charge in [-0.1, -0.05) is 24.3 Å². The van der Waals surface area contributed by atoms with Gasteiger partial charge in [0, 0.05) is 26.4 Å². The lowest BCUT2D eigenvalue weighted by molar-refractivity contribution is -0.373. The number of aliphatic hydroxyl groups is 1. The summed E-state index contributed by atoms with van der Waals surface area (Å²) in [5.41, 5.74) is 1.60. The molecule has 0 saturated carbocycles. The molecule has 0 aliphatic heterocycles. The second kappa shape index (κ2) is 5.96. The summed E-state index contributed by atoms with van der Waals surface area (Å²) in [6, 6.07) is 7.24. The van der Waals surface area contributed by atoms with Crippen LogP contribution in [-0.4, -0.2) is 25.9 Å². The molecule has 0 unspecified atom stereocenters. The Balaban J connectivity index is 3.00. The zero-order valence-corrected chi connectivity index (χ0v) is 9.90. The Morgan fingerprint density at radius 3 is 2.06 bits per heavy atom. The van der Waals surface area contributed by atoms with E-state index < -0.39 is 5.97 Å². The third-order valence-corrected chi connectivity index (χ3v) is 2.36. The summed E-state index contributed by atoms with van der Waals surface area (Å²) in [5.74, 6) is -1.16. The maximum Gasteiger partial charge on any atom is 0.311 e. The van der Waals surface area contributed by atoms with Gasteiger partial charge in [0.2, 0.25) is 0 Å². The Kier molecular flexibility index (Phi) is 4.89. The predicted octanol–water partition coefficient (Wildman–Crippen LogP) is 1.62. The molecular formula is C12H18O4. The van der Waals surface area contributed by atoms with Gasteiger partial charge in [0.05, 0.1) is 6.61 Å². The minimum atomic E-state index is -1.16. The van der Waals surface area contributed by atoms with E-state index in [1.165, 1.54) is 14.2 Å². The van der Waals surface area contributed by atoms with Gasteiger partial charge in [0.25, 0.3) is 0 Å². The van der Waals surface area contributed by atoms with Crippen LogP contribution in [0.5, 0.6) is 0 Å². The third kappa shape index (κ3) is 2.59. The van der Waals surface area contributed by atoms with Crippen molar-refractivity contribution < 1.29 is 19.3 Å². The quantitative estimate of drug-likeness (QED) is 0.749. The highest BCUT2D eigenvalue weighted by molar-refractivity contribution is 5.24. The number of aliphatic hydroxyl groups excluding tert-OH is 1. The van der Waals surface area contributed by atoms with Crippen LogP contribution in [0.3, 0.4) is 0 Å². The van der Waals surface area contributed by atoms with Crippen LogP contribution >= 0.6 is 0 Å². The van der Waals surface area contributed by atoms with Crippen molar-refractivity contribution in [2.24, 2.45) is 0 Å². The summed E-state index contributed by atoms with van der Waals surface area (Å²) in [6.45, 7) is 2.36. The van der Waals surface area contributed by atoms with E-state index in [2.05, 4.69) is 0 Å². The number of rotatable bonds is 6. The van der Waals surface area contributed by atoms with Crippen molar-refractivity contribution in [3.05, 3.63) is 35.4 Å². The van der Waals surface area contributed by atoms with Crippen molar-refractivity contribution in [2.75, 3.05) is 20.8 Å². The predicted molar refractivity (Wildman–Crippen MR) is 59.7 cm³/mol. The summed E-state index contributed by atoms with van der Waals surface area (Å²) >= 11 is 0. The first-order valence-corrected chi connectivity index (χ1v) is 5.17. The Hall–Kier alpha value is -0.940. The lowest BCUT2D eigenvalue weighted by Gasteiger charge is -2.30. The average molecular weight is 226 g/mol. The lowest BCUT2D eigenvalue weighted by Crippen LogP contribution is -2.34. The molecule has 4 heteroatoms. The van der Waals surface area contributed by atoms with E-state index in [1.54, 1.807) is 12.1 Å². The van der Waals surface area contributed by atoms with Crippen molar-refractivity contribution in [2.45, 2.75) is 19.5 Å². The molecule has 4 nitrogen and oxygen atoms in total. The second-order valence-electron chi connectivity index (χ2n) is 3.25. The van der Waals surface area contributed by atoms with Crippen molar-refractivity contribution >= 4 is 0 Å². The Morgan fingerprint density at radius 1 is 1.12 bits per heavy atom. The van der Waals surface area contributed by atoms with Crippen LogP contribution in [0.25, 0.3) is 0 Å². The molecule has 0 atom stereocenters. The fourth-order valence-corrected chi connectivity index (χ4v) is 1.52. The lowest BCUT2D eigenvalue weighted by atomic mass is 10.1. The van der Waals surface area contributed by atoms with E-state index in [0.29, 0.717) is 6.61 Å². The van der Waals surface area contributed by atoms with Gasteiger partial charge >= 0.3 is 5.97 Å². The van der Waals surface area contributed by atoms with Gasteiger partial charge in [-0.05, 0) is 12.5 Å². The maximum absolute atomic E-state index is 8.96. The molecule has 1 aromatic rings. The molecule has 16 heavy (non-hydrogen) atoms. The minimum Gasteiger partial charge on any atom is -0.392 e. The van der Waals surface area contributed by atoms with Gasteiger partial charge in [-0.15, -0.1) is 0 Å². The zero-order valence-electron chi connectivity index (χ0n) is 9.90. The Morgan fingerprint density at radius 2 is 1.69 bits per heavy atom. The fraction of sp³-hybridized carbons (Fsp3) is 0.500. The van der Waals surface area contributed by atoms with E-state index in [9.17, 15) is 0 Å². The van der Waals surface area contributed by atoms with Gasteiger partial charge < -0.3 is 19.3 Å². The molecule has 1 aromatic carbocycles. The Bertz CT molecular complexity index is 303. The molecule has 0 spiro atoms. The molecule has 0 amide bonds. The van der Waals surface area contributed by atoms with Crippen molar-refractivity contribution in [3.63, 3.8) is 0 Å². The van der Waals surface area contributed by atoms with E-state index in [4.69, 9.17) is 19.3 Å². The zero-order chi connectivity index (χ0) is 12.0. The van der Waals surface area contributed by atoms with Crippen molar-refractivity contribution in [1.29, 1.82) is 0 Å². The maximum atomic E-state index is 8.96. The second-order valence-corrected chi connectivity index (χ2v) is 3.25. The van der Waals surface area contributed by atoms with Crippen LogP contribution < -0.4 is 0 Å². The van der Waals surface area contributed by atoms with Crippen LogP contribution in [0.1, 0.15) is 18.1 Å². The van der Waals surface area contributed by atoms with Crippen LogP contribution in [0, 0.1) is 0 Å². The van der Waals surface area contributed by atoms with Crippen LogP contribution in [-0.2, 0) is 26.8 Å². The molecule has 90 valence electrons. The van der Waals surface area contributed by atoms with Gasteiger partial charge in [-0.25, -0.2) is 0 Å². The van der Waals surface area contributed by atoms with Gasteiger partial charge in [0.15, 0.2) is 0 Å². The van der Waals surface area contributed by atoms with Crippen molar-refractivity contribution in [1.82, 2.24) is 0 Å². The van der Waals surface area contributed by atoms with Crippen LogP contribution in [0.2, 0.25) is 0 Å². The van der Waals surface area contributed by atoms with Crippen molar-refractivity contribution in [3.8, 4) is 0 Å². The minimum absolute atomic E-state index is 0.0158. The van der Waals surface area contributed by atoms with Gasteiger partial charge in [-0.2, -0.15) is 0 Å². The van der Waals surface area contributed by atoms with E-state index in [1.807, 2.05) is 19.1 Å². The highest BCUT2D eigenvalue weighted by Gasteiger charge is 2.33. The number of ether oxygens (including phenoxy) is 3. The summed E-state index contributed by atoms with van der Waals surface area (Å²) in [5, 5.41) is 8.96. The first-order valence-electron chi connectivity index (χ1n) is 5.17. The smallest absolute Gasteiger partial charge is 0.311 e. The molecule has 1 rings (SSSR count).